The van der Waals surface area contributed by atoms with Gasteiger partial charge in [0.15, 0.2) is 5.92 Å². The zero-order chi connectivity index (χ0) is 13.9. The third kappa shape index (κ3) is 7.77. The van der Waals surface area contributed by atoms with Gasteiger partial charge in [0.25, 0.3) is 0 Å². The Morgan fingerprint density at radius 2 is 1.53 bits per heavy atom. The summed E-state index contributed by atoms with van der Waals surface area (Å²) in [7, 11) is 0. The van der Waals surface area contributed by atoms with Crippen LogP contribution in [0, 0.1) is 16.7 Å². The van der Waals surface area contributed by atoms with Gasteiger partial charge in [0.05, 0.1) is 6.61 Å². The number of carbonyl (C=O) groups is 2. The molecule has 0 saturated carbocycles. The quantitative estimate of drug-likeness (QED) is 0.610. The van der Waals surface area contributed by atoms with Gasteiger partial charge in [0.1, 0.15) is 0 Å². The predicted octanol–water partition coefficient (Wildman–Crippen LogP) is 2.71. The van der Waals surface area contributed by atoms with Crippen molar-refractivity contribution in [1.29, 1.82) is 0 Å². The molecule has 1 atom stereocenters. The maximum absolute atomic E-state index is 11.7. The molecular weight excluding hydrogens is 220 g/mol. The van der Waals surface area contributed by atoms with Crippen molar-refractivity contribution in [2.24, 2.45) is 16.7 Å². The second kappa shape index (κ2) is 5.52. The van der Waals surface area contributed by atoms with Crippen molar-refractivity contribution < 1.29 is 19.4 Å². The highest BCUT2D eigenvalue weighted by molar-refractivity contribution is 5.93. The lowest BCUT2D eigenvalue weighted by molar-refractivity contribution is -0.162. The number of carbonyl (C=O) groups excluding carboxylic acids is 1. The van der Waals surface area contributed by atoms with E-state index in [2.05, 4.69) is 0 Å². The molecular formula is C13H24O4. The minimum absolute atomic E-state index is 0.152. The lowest BCUT2D eigenvalue weighted by Crippen LogP contribution is -2.31. The molecule has 0 aromatic heterocycles. The van der Waals surface area contributed by atoms with E-state index in [0.717, 1.165) is 0 Å². The van der Waals surface area contributed by atoms with E-state index >= 15 is 0 Å². The fraction of sp³-hybridized carbons (Fsp3) is 0.846. The predicted molar refractivity (Wildman–Crippen MR) is 65.6 cm³/mol. The number of rotatable bonds is 4. The maximum atomic E-state index is 11.7. The zero-order valence-electron chi connectivity index (χ0n) is 11.7. The first-order valence-corrected chi connectivity index (χ1v) is 5.82. The summed E-state index contributed by atoms with van der Waals surface area (Å²) in [5, 5.41) is 9.04. The van der Waals surface area contributed by atoms with Crippen LogP contribution >= 0.6 is 0 Å². The van der Waals surface area contributed by atoms with Crippen LogP contribution in [0.1, 0.15) is 48.0 Å². The van der Waals surface area contributed by atoms with Crippen molar-refractivity contribution in [2.75, 3.05) is 6.61 Å². The van der Waals surface area contributed by atoms with Crippen LogP contribution in [0.25, 0.3) is 0 Å². The Morgan fingerprint density at radius 1 is 1.06 bits per heavy atom. The lowest BCUT2D eigenvalue weighted by atomic mass is 9.84. The molecule has 0 radical (unpaired) electrons. The fourth-order valence-electron chi connectivity index (χ4n) is 1.27. The SMILES string of the molecule is CC(C)(C)COC(=O)C(CC(C)(C)C)C(=O)O. The molecule has 0 spiro atoms. The standard InChI is InChI=1S/C13H24O4/c1-12(2,3)7-9(10(14)15)11(16)17-8-13(4,5)6/h9H,7-8H2,1-6H3,(H,14,15). The van der Waals surface area contributed by atoms with Crippen LogP contribution in [0.5, 0.6) is 0 Å². The number of hydrogen-bond donors (Lipinski definition) is 1. The summed E-state index contributed by atoms with van der Waals surface area (Å²) in [6.45, 7) is 11.7. The summed E-state index contributed by atoms with van der Waals surface area (Å²) >= 11 is 0. The molecule has 0 rings (SSSR count). The van der Waals surface area contributed by atoms with E-state index in [0.29, 0.717) is 0 Å². The van der Waals surface area contributed by atoms with Crippen LogP contribution in [-0.4, -0.2) is 23.7 Å². The van der Waals surface area contributed by atoms with Gasteiger partial charge in [-0.25, -0.2) is 0 Å². The number of hydrogen-bond acceptors (Lipinski definition) is 3. The van der Waals surface area contributed by atoms with Gasteiger partial charge < -0.3 is 9.84 Å². The highest BCUT2D eigenvalue weighted by Gasteiger charge is 2.33. The molecule has 4 heteroatoms. The van der Waals surface area contributed by atoms with Crippen molar-refractivity contribution in [1.82, 2.24) is 0 Å². The molecule has 0 bridgehead atoms. The number of carboxylic acids is 1. The topological polar surface area (TPSA) is 63.6 Å². The minimum Gasteiger partial charge on any atom is -0.481 e. The van der Waals surface area contributed by atoms with Gasteiger partial charge in [-0.05, 0) is 17.3 Å². The molecule has 0 saturated heterocycles. The van der Waals surface area contributed by atoms with E-state index < -0.39 is 17.9 Å². The third-order valence-corrected chi connectivity index (χ3v) is 2.05. The summed E-state index contributed by atoms with van der Waals surface area (Å²) in [4.78, 5) is 22.7. The van der Waals surface area contributed by atoms with Gasteiger partial charge in [-0.3, -0.25) is 9.59 Å². The van der Waals surface area contributed by atoms with Gasteiger partial charge >= 0.3 is 11.9 Å². The van der Waals surface area contributed by atoms with Crippen molar-refractivity contribution >= 4 is 11.9 Å². The molecule has 100 valence electrons. The summed E-state index contributed by atoms with van der Waals surface area (Å²) in [5.41, 5.74) is -0.371. The molecule has 1 N–H and O–H groups in total. The molecule has 17 heavy (non-hydrogen) atoms. The Balaban J connectivity index is 4.52. The van der Waals surface area contributed by atoms with Crippen LogP contribution in [0.2, 0.25) is 0 Å². The fourth-order valence-corrected chi connectivity index (χ4v) is 1.27. The molecule has 0 amide bonds. The lowest BCUT2D eigenvalue weighted by Gasteiger charge is -2.24. The largest absolute Gasteiger partial charge is 0.481 e. The monoisotopic (exact) mass is 244 g/mol. The van der Waals surface area contributed by atoms with Crippen molar-refractivity contribution in [3.05, 3.63) is 0 Å². The van der Waals surface area contributed by atoms with Crippen LogP contribution < -0.4 is 0 Å². The second-order valence-corrected chi connectivity index (χ2v) is 6.82. The van der Waals surface area contributed by atoms with Gasteiger partial charge in [0.2, 0.25) is 0 Å². The Kier molecular flexibility index (Phi) is 5.17. The minimum atomic E-state index is -1.11. The van der Waals surface area contributed by atoms with Gasteiger partial charge in [0, 0.05) is 0 Å². The molecule has 0 fully saturated rings. The highest BCUT2D eigenvalue weighted by Crippen LogP contribution is 2.26. The van der Waals surface area contributed by atoms with Gasteiger partial charge in [-0.15, -0.1) is 0 Å². The normalized spacial score (nSPS) is 14.2. The summed E-state index contributed by atoms with van der Waals surface area (Å²) in [6.07, 6.45) is 0.283. The number of carboxylic acid groups (broad SMARTS) is 1. The zero-order valence-corrected chi connectivity index (χ0v) is 11.7. The van der Waals surface area contributed by atoms with Crippen molar-refractivity contribution in [2.45, 2.75) is 48.0 Å². The first-order chi connectivity index (χ1) is 7.42. The first kappa shape index (κ1) is 15.9. The Hall–Kier alpha value is -1.06. The van der Waals surface area contributed by atoms with E-state index in [1.165, 1.54) is 0 Å². The average molecular weight is 244 g/mol. The summed E-state index contributed by atoms with van der Waals surface area (Å²) < 4.78 is 5.06. The van der Waals surface area contributed by atoms with Crippen LogP contribution in [0.3, 0.4) is 0 Å². The molecule has 0 aromatic carbocycles. The van der Waals surface area contributed by atoms with Crippen LogP contribution in [0.15, 0.2) is 0 Å². The average Bonchev–Trinajstić information content (AvgIpc) is 2.07. The Labute approximate surface area is 103 Å². The van der Waals surface area contributed by atoms with E-state index in [1.54, 1.807) is 0 Å². The Bertz CT molecular complexity index is 281. The first-order valence-electron chi connectivity index (χ1n) is 5.82. The maximum Gasteiger partial charge on any atom is 0.320 e. The second-order valence-electron chi connectivity index (χ2n) is 6.82. The van der Waals surface area contributed by atoms with E-state index in [4.69, 9.17) is 9.84 Å². The number of aliphatic carboxylic acids is 1. The van der Waals surface area contributed by atoms with Crippen molar-refractivity contribution in [3.8, 4) is 0 Å². The van der Waals surface area contributed by atoms with Gasteiger partial charge in [-0.2, -0.15) is 0 Å². The number of esters is 1. The highest BCUT2D eigenvalue weighted by atomic mass is 16.5. The molecule has 0 heterocycles. The van der Waals surface area contributed by atoms with Crippen molar-refractivity contribution in [3.63, 3.8) is 0 Å². The third-order valence-electron chi connectivity index (χ3n) is 2.05. The Morgan fingerprint density at radius 3 is 1.82 bits per heavy atom. The molecule has 0 aromatic rings. The molecule has 0 aliphatic heterocycles. The summed E-state index contributed by atoms with van der Waals surface area (Å²) in [6, 6.07) is 0. The van der Waals surface area contributed by atoms with Crippen LogP contribution in [-0.2, 0) is 14.3 Å². The van der Waals surface area contributed by atoms with Crippen LogP contribution in [0.4, 0.5) is 0 Å². The smallest absolute Gasteiger partial charge is 0.320 e. The molecule has 4 nitrogen and oxygen atoms in total. The number of ether oxygens (including phenoxy) is 1. The summed E-state index contributed by atoms with van der Waals surface area (Å²) in [5.74, 6) is -2.82. The van der Waals surface area contributed by atoms with E-state index in [1.807, 2.05) is 41.5 Å². The molecule has 0 aliphatic rings. The van der Waals surface area contributed by atoms with E-state index in [9.17, 15) is 9.59 Å². The van der Waals surface area contributed by atoms with Gasteiger partial charge in [-0.1, -0.05) is 41.5 Å². The molecule has 0 aliphatic carbocycles. The van der Waals surface area contributed by atoms with E-state index in [-0.39, 0.29) is 23.9 Å². The molecule has 1 unspecified atom stereocenters.